The summed E-state index contributed by atoms with van der Waals surface area (Å²) in [5.74, 6) is 1.82. The molecule has 0 N–H and O–H groups in total. The number of esters is 1. The molecule has 1 heterocycles. The van der Waals surface area contributed by atoms with Crippen molar-refractivity contribution in [2.75, 3.05) is 6.61 Å². The molecular weight excluding hydrogens is 234 g/mol. The highest BCUT2D eigenvalue weighted by Crippen LogP contribution is 2.14. The van der Waals surface area contributed by atoms with Crippen LogP contribution < -0.4 is 0 Å². The van der Waals surface area contributed by atoms with Crippen LogP contribution in [0.1, 0.15) is 10.5 Å². The Labute approximate surface area is 84.8 Å². The molecule has 0 spiro atoms. The van der Waals surface area contributed by atoms with Crippen molar-refractivity contribution in [3.05, 3.63) is 22.4 Å². The Kier molecular flexibility index (Phi) is 3.15. The maximum Gasteiger partial charge on any atom is 0.355 e. The average molecular weight is 242 g/mol. The van der Waals surface area contributed by atoms with E-state index in [0.29, 0.717) is 5.69 Å². The number of ether oxygens (including phenoxy) is 1. The minimum absolute atomic E-state index is 0.00162. The van der Waals surface area contributed by atoms with Gasteiger partial charge in [0.15, 0.2) is 6.61 Å². The summed E-state index contributed by atoms with van der Waals surface area (Å²) < 4.78 is 7.26. The summed E-state index contributed by atoms with van der Waals surface area (Å²) in [6, 6.07) is 1.68. The number of carbonyl (C=O) groups excluding carboxylic acids is 1. The summed E-state index contributed by atoms with van der Waals surface area (Å²) in [5.41, 5.74) is 0.474. The normalized spacial score (nSPS) is 9.31. The van der Waals surface area contributed by atoms with Crippen molar-refractivity contribution in [1.82, 2.24) is 4.57 Å². The third kappa shape index (κ3) is 2.36. The van der Waals surface area contributed by atoms with Gasteiger partial charge in [-0.15, -0.1) is 6.42 Å². The van der Waals surface area contributed by atoms with Crippen LogP contribution in [0.4, 0.5) is 0 Å². The molecule has 1 aromatic heterocycles. The number of hydrogen-bond donors (Lipinski definition) is 0. The molecule has 0 aliphatic heterocycles. The zero-order chi connectivity index (χ0) is 9.84. The first-order chi connectivity index (χ1) is 6.15. The highest BCUT2D eigenvalue weighted by molar-refractivity contribution is 9.10. The molecule has 0 aliphatic carbocycles. The van der Waals surface area contributed by atoms with Crippen LogP contribution >= 0.6 is 15.9 Å². The number of aryl methyl sites for hydroxylation is 1. The summed E-state index contributed by atoms with van der Waals surface area (Å²) >= 11 is 3.25. The number of terminal acetylenes is 1. The predicted molar refractivity (Wildman–Crippen MR) is 52.2 cm³/mol. The number of halogens is 1. The SMILES string of the molecule is C#CCOC(=O)c1cc(Br)cn1C. The van der Waals surface area contributed by atoms with Crippen molar-refractivity contribution in [3.63, 3.8) is 0 Å². The smallest absolute Gasteiger partial charge is 0.355 e. The van der Waals surface area contributed by atoms with Crippen LogP contribution in [0.25, 0.3) is 0 Å². The van der Waals surface area contributed by atoms with Crippen LogP contribution in [-0.4, -0.2) is 17.1 Å². The lowest BCUT2D eigenvalue weighted by atomic mass is 10.4. The van der Waals surface area contributed by atoms with Crippen molar-refractivity contribution in [2.45, 2.75) is 0 Å². The van der Waals surface area contributed by atoms with Gasteiger partial charge in [0.05, 0.1) is 0 Å². The van der Waals surface area contributed by atoms with Crippen LogP contribution in [0.15, 0.2) is 16.7 Å². The summed E-state index contributed by atoms with van der Waals surface area (Å²) in [5, 5.41) is 0. The highest BCUT2D eigenvalue weighted by atomic mass is 79.9. The van der Waals surface area contributed by atoms with E-state index in [9.17, 15) is 4.79 Å². The van der Waals surface area contributed by atoms with Crippen LogP contribution in [0.5, 0.6) is 0 Å². The van der Waals surface area contributed by atoms with Gasteiger partial charge in [0.2, 0.25) is 0 Å². The monoisotopic (exact) mass is 241 g/mol. The fraction of sp³-hybridized carbons (Fsp3) is 0.222. The number of carbonyl (C=O) groups is 1. The van der Waals surface area contributed by atoms with Gasteiger partial charge in [0, 0.05) is 17.7 Å². The summed E-state index contributed by atoms with van der Waals surface area (Å²) in [6.45, 7) is 0.00162. The molecule has 0 unspecified atom stereocenters. The van der Waals surface area contributed by atoms with E-state index in [1.54, 1.807) is 23.9 Å². The Morgan fingerprint density at radius 3 is 3.00 bits per heavy atom. The third-order valence-corrected chi connectivity index (χ3v) is 1.90. The molecule has 4 heteroatoms. The van der Waals surface area contributed by atoms with Gasteiger partial charge in [0.1, 0.15) is 5.69 Å². The molecule has 0 radical (unpaired) electrons. The van der Waals surface area contributed by atoms with E-state index in [4.69, 9.17) is 11.2 Å². The molecule has 0 aromatic carbocycles. The molecule has 0 bridgehead atoms. The van der Waals surface area contributed by atoms with E-state index in [-0.39, 0.29) is 6.61 Å². The molecule has 1 rings (SSSR count). The van der Waals surface area contributed by atoms with Gasteiger partial charge >= 0.3 is 5.97 Å². The minimum Gasteiger partial charge on any atom is -0.448 e. The first kappa shape index (κ1) is 9.87. The maximum absolute atomic E-state index is 11.3. The second kappa shape index (κ2) is 4.15. The average Bonchev–Trinajstić information content (AvgIpc) is 2.41. The molecular formula is C9H8BrNO2. The Morgan fingerprint density at radius 1 is 1.85 bits per heavy atom. The molecule has 0 saturated carbocycles. The van der Waals surface area contributed by atoms with E-state index in [1.807, 2.05) is 0 Å². The number of rotatable bonds is 2. The zero-order valence-corrected chi connectivity index (χ0v) is 8.67. The van der Waals surface area contributed by atoms with Crippen LogP contribution in [0, 0.1) is 12.3 Å². The zero-order valence-electron chi connectivity index (χ0n) is 7.08. The van der Waals surface area contributed by atoms with Gasteiger partial charge in [-0.3, -0.25) is 0 Å². The standard InChI is InChI=1S/C9H8BrNO2/c1-3-4-13-9(12)8-5-7(10)6-11(8)2/h1,5-6H,4H2,2H3. The number of hydrogen-bond acceptors (Lipinski definition) is 2. The first-order valence-corrected chi connectivity index (χ1v) is 4.37. The molecule has 0 aliphatic rings. The molecule has 1 aromatic rings. The second-order valence-electron chi connectivity index (χ2n) is 2.43. The van der Waals surface area contributed by atoms with Gasteiger partial charge in [0.25, 0.3) is 0 Å². The van der Waals surface area contributed by atoms with E-state index in [1.165, 1.54) is 0 Å². The summed E-state index contributed by atoms with van der Waals surface area (Å²) in [6.07, 6.45) is 6.73. The highest BCUT2D eigenvalue weighted by Gasteiger charge is 2.11. The lowest BCUT2D eigenvalue weighted by molar-refractivity contribution is 0.0546. The van der Waals surface area contributed by atoms with Crippen molar-refractivity contribution >= 4 is 21.9 Å². The number of aromatic nitrogens is 1. The molecule has 3 nitrogen and oxygen atoms in total. The van der Waals surface area contributed by atoms with Crippen LogP contribution in [0.2, 0.25) is 0 Å². The predicted octanol–water partition coefficient (Wildman–Crippen LogP) is 1.58. The lowest BCUT2D eigenvalue weighted by Gasteiger charge is -2.00. The van der Waals surface area contributed by atoms with Gasteiger partial charge in [-0.25, -0.2) is 4.79 Å². The minimum atomic E-state index is -0.411. The van der Waals surface area contributed by atoms with Gasteiger partial charge < -0.3 is 9.30 Å². The topological polar surface area (TPSA) is 31.2 Å². The van der Waals surface area contributed by atoms with E-state index < -0.39 is 5.97 Å². The third-order valence-electron chi connectivity index (χ3n) is 1.47. The van der Waals surface area contributed by atoms with Crippen molar-refractivity contribution < 1.29 is 9.53 Å². The molecule has 0 atom stereocenters. The fourth-order valence-corrected chi connectivity index (χ4v) is 1.43. The lowest BCUT2D eigenvalue weighted by Crippen LogP contribution is -2.09. The van der Waals surface area contributed by atoms with Crippen LogP contribution in [0.3, 0.4) is 0 Å². The Morgan fingerprint density at radius 2 is 2.54 bits per heavy atom. The maximum atomic E-state index is 11.3. The van der Waals surface area contributed by atoms with E-state index in [2.05, 4.69) is 21.9 Å². The summed E-state index contributed by atoms with van der Waals surface area (Å²) in [7, 11) is 1.76. The fourth-order valence-electron chi connectivity index (χ4n) is 0.908. The Balaban J connectivity index is 2.78. The van der Waals surface area contributed by atoms with Gasteiger partial charge in [-0.2, -0.15) is 0 Å². The van der Waals surface area contributed by atoms with Gasteiger partial charge in [-0.1, -0.05) is 5.92 Å². The first-order valence-electron chi connectivity index (χ1n) is 3.57. The Hall–Kier alpha value is -1.21. The summed E-state index contributed by atoms with van der Waals surface area (Å²) in [4.78, 5) is 11.3. The van der Waals surface area contributed by atoms with Gasteiger partial charge in [-0.05, 0) is 22.0 Å². The van der Waals surface area contributed by atoms with Crippen molar-refractivity contribution in [3.8, 4) is 12.3 Å². The number of nitrogens with zero attached hydrogens (tertiary/aromatic N) is 1. The van der Waals surface area contributed by atoms with Crippen LogP contribution in [-0.2, 0) is 11.8 Å². The molecule has 13 heavy (non-hydrogen) atoms. The van der Waals surface area contributed by atoms with E-state index >= 15 is 0 Å². The quantitative estimate of drug-likeness (QED) is 0.582. The molecule has 0 amide bonds. The van der Waals surface area contributed by atoms with Crippen molar-refractivity contribution in [2.24, 2.45) is 7.05 Å². The molecule has 0 saturated heterocycles. The molecule has 68 valence electrons. The second-order valence-corrected chi connectivity index (χ2v) is 3.35. The Bertz CT molecular complexity index is 362. The largest absolute Gasteiger partial charge is 0.448 e. The van der Waals surface area contributed by atoms with E-state index in [0.717, 1.165) is 4.47 Å². The van der Waals surface area contributed by atoms with Crippen molar-refractivity contribution in [1.29, 1.82) is 0 Å². The molecule has 0 fully saturated rings.